The third kappa shape index (κ3) is 3.56. The first kappa shape index (κ1) is 17.6. The summed E-state index contributed by atoms with van der Waals surface area (Å²) in [5.74, 6) is 0.0963. The van der Waals surface area contributed by atoms with Crippen LogP contribution in [0.15, 0.2) is 35.2 Å². The van der Waals surface area contributed by atoms with Gasteiger partial charge in [0.15, 0.2) is 0 Å². The molecule has 2 saturated heterocycles. The predicted molar refractivity (Wildman–Crippen MR) is 98.2 cm³/mol. The molecule has 7 nitrogen and oxygen atoms in total. The monoisotopic (exact) mass is 382 g/mol. The molecule has 2 aliphatic rings. The maximum Gasteiger partial charge on any atom is 0.270 e. The quantitative estimate of drug-likeness (QED) is 0.865. The summed E-state index contributed by atoms with van der Waals surface area (Å²) in [6, 6.07) is 8.80. The summed E-state index contributed by atoms with van der Waals surface area (Å²) < 4.78 is 5.86. The second-order valence-electron chi connectivity index (χ2n) is 6.78. The molecule has 1 aromatic carbocycles. The molecular weight excluding hydrogens is 364 g/mol. The molecule has 3 atom stereocenters. The van der Waals surface area contributed by atoms with Crippen LogP contribution in [-0.4, -0.2) is 54.0 Å². The van der Waals surface area contributed by atoms with E-state index in [0.29, 0.717) is 43.1 Å². The third-order valence-corrected chi connectivity index (χ3v) is 5.74. The first-order valence-corrected chi connectivity index (χ1v) is 9.67. The zero-order valence-corrected chi connectivity index (χ0v) is 15.3. The highest BCUT2D eigenvalue weighted by molar-refractivity contribution is 7.07. The molecule has 27 heavy (non-hydrogen) atoms. The van der Waals surface area contributed by atoms with Gasteiger partial charge in [-0.3, -0.25) is 9.59 Å². The van der Waals surface area contributed by atoms with E-state index in [4.69, 9.17) is 10.00 Å². The molecule has 4 rings (SSSR count). The lowest BCUT2D eigenvalue weighted by molar-refractivity contribution is 0.0674. The van der Waals surface area contributed by atoms with Crippen molar-refractivity contribution in [2.24, 2.45) is 11.8 Å². The van der Waals surface area contributed by atoms with Gasteiger partial charge in [0, 0.05) is 42.4 Å². The summed E-state index contributed by atoms with van der Waals surface area (Å²) >= 11 is 1.38. The second-order valence-corrected chi connectivity index (χ2v) is 7.50. The highest BCUT2D eigenvalue weighted by Crippen LogP contribution is 2.34. The van der Waals surface area contributed by atoms with E-state index in [1.165, 1.54) is 11.3 Å². The van der Waals surface area contributed by atoms with Crippen LogP contribution < -0.4 is 5.32 Å². The molecule has 2 fully saturated rings. The molecule has 2 amide bonds. The molecule has 0 bridgehead atoms. The van der Waals surface area contributed by atoms with E-state index >= 15 is 0 Å². The average Bonchev–Trinajstić information content (AvgIpc) is 3.43. The summed E-state index contributed by atoms with van der Waals surface area (Å²) in [6.45, 7) is 2.22. The van der Waals surface area contributed by atoms with Gasteiger partial charge in [-0.1, -0.05) is 6.07 Å². The maximum atomic E-state index is 12.8. The fourth-order valence-corrected chi connectivity index (χ4v) is 4.25. The number of nitrogens with zero attached hydrogens (tertiary/aromatic N) is 3. The van der Waals surface area contributed by atoms with Crippen molar-refractivity contribution in [2.45, 2.75) is 6.10 Å². The standard InChI is InChI=1S/C19H18N4O3S/c20-5-12-2-1-3-13(4-12)19(25)23-7-15-14(9-26-17(15)8-23)6-21-18(24)16-10-27-11-22-16/h1-4,10-11,14-15,17H,6-9H2,(H,21,24)/t14-,15+,17+/m0/s1. The number of aromatic nitrogens is 1. The Balaban J connectivity index is 1.37. The van der Waals surface area contributed by atoms with Crippen LogP contribution in [0.5, 0.6) is 0 Å². The summed E-state index contributed by atoms with van der Waals surface area (Å²) in [6.07, 6.45) is -0.00530. The molecule has 138 valence electrons. The van der Waals surface area contributed by atoms with Gasteiger partial charge in [-0.05, 0) is 18.2 Å². The summed E-state index contributed by atoms with van der Waals surface area (Å²) in [7, 11) is 0. The van der Waals surface area contributed by atoms with E-state index in [-0.39, 0.29) is 29.8 Å². The molecule has 0 spiro atoms. The van der Waals surface area contributed by atoms with Crippen LogP contribution in [0.3, 0.4) is 0 Å². The Labute approximate surface area is 160 Å². The van der Waals surface area contributed by atoms with Gasteiger partial charge in [-0.15, -0.1) is 11.3 Å². The van der Waals surface area contributed by atoms with E-state index < -0.39 is 0 Å². The van der Waals surface area contributed by atoms with Gasteiger partial charge in [0.2, 0.25) is 0 Å². The van der Waals surface area contributed by atoms with Crippen molar-refractivity contribution < 1.29 is 14.3 Å². The minimum Gasteiger partial charge on any atom is -0.376 e. The van der Waals surface area contributed by atoms with Gasteiger partial charge in [0.1, 0.15) is 5.69 Å². The van der Waals surface area contributed by atoms with Gasteiger partial charge in [-0.2, -0.15) is 5.26 Å². The van der Waals surface area contributed by atoms with Crippen LogP contribution in [0.25, 0.3) is 0 Å². The van der Waals surface area contributed by atoms with Gasteiger partial charge in [-0.25, -0.2) is 4.98 Å². The smallest absolute Gasteiger partial charge is 0.270 e. The Morgan fingerprint density at radius 2 is 2.30 bits per heavy atom. The lowest BCUT2D eigenvalue weighted by Gasteiger charge is -2.20. The highest BCUT2D eigenvalue weighted by Gasteiger charge is 2.45. The summed E-state index contributed by atoms with van der Waals surface area (Å²) in [4.78, 5) is 30.6. The third-order valence-electron chi connectivity index (χ3n) is 5.15. The lowest BCUT2D eigenvalue weighted by Crippen LogP contribution is -2.35. The molecule has 2 aromatic rings. The molecule has 8 heteroatoms. The van der Waals surface area contributed by atoms with Gasteiger partial charge >= 0.3 is 0 Å². The number of fused-ring (bicyclic) bond motifs is 1. The Hall–Kier alpha value is -2.76. The minimum absolute atomic E-state index is 0.00530. The number of nitrogens with one attached hydrogen (secondary N) is 1. The number of nitriles is 1. The molecule has 2 aliphatic heterocycles. The molecule has 3 heterocycles. The number of likely N-dealkylation sites (tertiary alicyclic amines) is 1. The SMILES string of the molecule is N#Cc1cccc(C(=O)N2C[C@@H]3[C@@H](CNC(=O)c4cscn4)CO[C@@H]3C2)c1. The minimum atomic E-state index is -0.182. The topological polar surface area (TPSA) is 95.3 Å². The van der Waals surface area contributed by atoms with Gasteiger partial charge < -0.3 is 15.0 Å². The Bertz CT molecular complexity index is 893. The number of thiazole rings is 1. The Kier molecular flexibility index (Phi) is 4.88. The first-order valence-electron chi connectivity index (χ1n) is 8.73. The average molecular weight is 382 g/mol. The zero-order chi connectivity index (χ0) is 18.8. The van der Waals surface area contributed by atoms with Crippen LogP contribution in [0.4, 0.5) is 0 Å². The largest absolute Gasteiger partial charge is 0.376 e. The molecule has 1 N–H and O–H groups in total. The van der Waals surface area contributed by atoms with Crippen LogP contribution in [0, 0.1) is 23.2 Å². The molecule has 0 aliphatic carbocycles. The van der Waals surface area contributed by atoms with Crippen LogP contribution >= 0.6 is 11.3 Å². The Morgan fingerprint density at radius 3 is 3.07 bits per heavy atom. The molecule has 1 aromatic heterocycles. The van der Waals surface area contributed by atoms with Crippen LogP contribution in [-0.2, 0) is 4.74 Å². The second kappa shape index (κ2) is 7.47. The summed E-state index contributed by atoms with van der Waals surface area (Å²) in [5, 5.41) is 13.6. The number of benzene rings is 1. The van der Waals surface area contributed by atoms with Gasteiger partial charge in [0.05, 0.1) is 29.9 Å². The van der Waals surface area contributed by atoms with E-state index in [9.17, 15) is 9.59 Å². The van der Waals surface area contributed by atoms with Crippen molar-refractivity contribution in [3.05, 3.63) is 52.0 Å². The van der Waals surface area contributed by atoms with E-state index in [1.807, 2.05) is 0 Å². The predicted octanol–water partition coefficient (Wildman–Crippen LogP) is 1.53. The molecule has 0 saturated carbocycles. The molecule has 0 unspecified atom stereocenters. The number of amides is 2. The maximum absolute atomic E-state index is 12.8. The van der Waals surface area contributed by atoms with Crippen molar-refractivity contribution in [1.82, 2.24) is 15.2 Å². The number of hydrogen-bond acceptors (Lipinski definition) is 6. The number of ether oxygens (including phenoxy) is 1. The van der Waals surface area contributed by atoms with E-state index in [0.717, 1.165) is 0 Å². The number of carbonyl (C=O) groups excluding carboxylic acids is 2. The number of rotatable bonds is 4. The number of carbonyl (C=O) groups is 2. The van der Waals surface area contributed by atoms with Crippen molar-refractivity contribution in [3.63, 3.8) is 0 Å². The highest BCUT2D eigenvalue weighted by atomic mass is 32.1. The fourth-order valence-electron chi connectivity index (χ4n) is 3.72. The number of hydrogen-bond donors (Lipinski definition) is 1. The van der Waals surface area contributed by atoms with Gasteiger partial charge in [0.25, 0.3) is 11.8 Å². The normalized spacial score (nSPS) is 23.7. The van der Waals surface area contributed by atoms with Crippen molar-refractivity contribution in [3.8, 4) is 6.07 Å². The molecule has 0 radical (unpaired) electrons. The van der Waals surface area contributed by atoms with E-state index in [2.05, 4.69) is 16.4 Å². The first-order chi connectivity index (χ1) is 13.2. The van der Waals surface area contributed by atoms with E-state index in [1.54, 1.807) is 40.1 Å². The molecular formula is C19H18N4O3S. The lowest BCUT2D eigenvalue weighted by atomic mass is 9.93. The summed E-state index contributed by atoms with van der Waals surface area (Å²) in [5.41, 5.74) is 3.04. The van der Waals surface area contributed by atoms with Crippen LogP contribution in [0.1, 0.15) is 26.4 Å². The zero-order valence-electron chi connectivity index (χ0n) is 14.5. The van der Waals surface area contributed by atoms with Crippen LogP contribution in [0.2, 0.25) is 0 Å². The van der Waals surface area contributed by atoms with Crippen molar-refractivity contribution >= 4 is 23.2 Å². The fraction of sp³-hybridized carbons (Fsp3) is 0.368. The Morgan fingerprint density at radius 1 is 1.41 bits per heavy atom. The van der Waals surface area contributed by atoms with Crippen molar-refractivity contribution in [1.29, 1.82) is 5.26 Å². The van der Waals surface area contributed by atoms with Crippen molar-refractivity contribution in [2.75, 3.05) is 26.2 Å².